The second-order valence-corrected chi connectivity index (χ2v) is 4.58. The predicted octanol–water partition coefficient (Wildman–Crippen LogP) is -0.0276. The normalized spacial score (nSPS) is 16.4. The van der Waals surface area contributed by atoms with Crippen molar-refractivity contribution in [2.24, 2.45) is 0 Å². The molecule has 1 fully saturated rings. The van der Waals surface area contributed by atoms with Gasteiger partial charge in [0.2, 0.25) is 0 Å². The fraction of sp³-hybridized carbons (Fsp3) is 0.455. The van der Waals surface area contributed by atoms with E-state index in [1.807, 2.05) is 0 Å². The summed E-state index contributed by atoms with van der Waals surface area (Å²) in [6, 6.07) is 0. The molecule has 0 spiro atoms. The summed E-state index contributed by atoms with van der Waals surface area (Å²) in [5.41, 5.74) is 0.208. The van der Waals surface area contributed by atoms with Crippen LogP contribution in [0.3, 0.4) is 0 Å². The molecule has 1 aromatic rings. The number of carboxylic acids is 1. The Balaban J connectivity index is 1.94. The molecule has 102 valence electrons. The van der Waals surface area contributed by atoms with Crippen molar-refractivity contribution in [1.29, 1.82) is 0 Å². The van der Waals surface area contributed by atoms with Crippen molar-refractivity contribution in [3.63, 3.8) is 0 Å². The minimum atomic E-state index is -0.861. The number of aromatic nitrogens is 2. The Kier molecular flexibility index (Phi) is 4.28. The van der Waals surface area contributed by atoms with Crippen LogP contribution in [0.5, 0.6) is 0 Å². The van der Waals surface area contributed by atoms with E-state index in [2.05, 4.69) is 9.97 Å². The molecule has 0 atom stereocenters. The number of amides is 1. The molecule has 1 N–H and O–H groups in total. The number of carboxylic acid groups (broad SMARTS) is 1. The summed E-state index contributed by atoms with van der Waals surface area (Å²) in [7, 11) is 0. The first-order valence-corrected chi connectivity index (χ1v) is 6.15. The van der Waals surface area contributed by atoms with E-state index in [1.54, 1.807) is 9.80 Å². The van der Waals surface area contributed by atoms with Gasteiger partial charge in [0.25, 0.3) is 5.91 Å². The van der Waals surface area contributed by atoms with Crippen molar-refractivity contribution in [3.05, 3.63) is 23.2 Å². The monoisotopic (exact) mass is 284 g/mol. The van der Waals surface area contributed by atoms with E-state index in [9.17, 15) is 9.59 Å². The van der Waals surface area contributed by atoms with Crippen LogP contribution in [0.25, 0.3) is 0 Å². The lowest BCUT2D eigenvalue weighted by Gasteiger charge is -2.33. The highest BCUT2D eigenvalue weighted by Crippen LogP contribution is 2.08. The van der Waals surface area contributed by atoms with Gasteiger partial charge in [0.05, 0.1) is 18.9 Å². The molecule has 0 unspecified atom stereocenters. The second-order valence-electron chi connectivity index (χ2n) is 4.19. The third-order valence-electron chi connectivity index (χ3n) is 2.84. The molecular formula is C11H13ClN4O3. The molecule has 1 amide bonds. The second kappa shape index (κ2) is 5.94. The van der Waals surface area contributed by atoms with Gasteiger partial charge < -0.3 is 10.0 Å². The number of carbonyl (C=O) groups excluding carboxylic acids is 1. The molecule has 7 nitrogen and oxygen atoms in total. The third kappa shape index (κ3) is 3.62. The minimum Gasteiger partial charge on any atom is -0.480 e. The van der Waals surface area contributed by atoms with Crippen molar-refractivity contribution in [2.45, 2.75) is 0 Å². The molecule has 8 heteroatoms. The van der Waals surface area contributed by atoms with E-state index in [-0.39, 0.29) is 23.3 Å². The van der Waals surface area contributed by atoms with Gasteiger partial charge >= 0.3 is 5.97 Å². The van der Waals surface area contributed by atoms with Crippen molar-refractivity contribution in [2.75, 3.05) is 32.7 Å². The molecule has 2 rings (SSSR count). The minimum absolute atomic E-state index is 0.000991. The maximum Gasteiger partial charge on any atom is 0.317 e. The average molecular weight is 285 g/mol. The van der Waals surface area contributed by atoms with E-state index in [4.69, 9.17) is 16.7 Å². The fourth-order valence-electron chi connectivity index (χ4n) is 1.91. The summed E-state index contributed by atoms with van der Waals surface area (Å²) >= 11 is 5.69. The van der Waals surface area contributed by atoms with Crippen molar-refractivity contribution in [1.82, 2.24) is 19.8 Å². The van der Waals surface area contributed by atoms with E-state index in [1.165, 1.54) is 12.4 Å². The largest absolute Gasteiger partial charge is 0.480 e. The third-order valence-corrected chi connectivity index (χ3v) is 3.02. The highest BCUT2D eigenvalue weighted by molar-refractivity contribution is 6.29. The molecule has 0 radical (unpaired) electrons. The summed E-state index contributed by atoms with van der Waals surface area (Å²) < 4.78 is 0. The van der Waals surface area contributed by atoms with Crippen LogP contribution in [0.2, 0.25) is 5.15 Å². The molecule has 1 saturated heterocycles. The molecule has 2 heterocycles. The van der Waals surface area contributed by atoms with Crippen molar-refractivity contribution >= 4 is 23.5 Å². The van der Waals surface area contributed by atoms with Crippen LogP contribution in [0.15, 0.2) is 12.4 Å². The lowest BCUT2D eigenvalue weighted by atomic mass is 10.3. The van der Waals surface area contributed by atoms with Crippen LogP contribution in [-0.4, -0.2) is 69.5 Å². The number of hydrogen-bond donors (Lipinski definition) is 1. The maximum absolute atomic E-state index is 12.1. The molecule has 0 aliphatic carbocycles. The Morgan fingerprint density at radius 2 is 1.95 bits per heavy atom. The van der Waals surface area contributed by atoms with E-state index in [0.29, 0.717) is 26.2 Å². The summed E-state index contributed by atoms with van der Waals surface area (Å²) in [5.74, 6) is -1.09. The number of carbonyl (C=O) groups is 2. The zero-order valence-corrected chi connectivity index (χ0v) is 10.9. The summed E-state index contributed by atoms with van der Waals surface area (Å²) in [4.78, 5) is 33.9. The van der Waals surface area contributed by atoms with Crippen LogP contribution in [0.4, 0.5) is 0 Å². The number of piperazine rings is 1. The molecule has 19 heavy (non-hydrogen) atoms. The number of nitrogens with zero attached hydrogens (tertiary/aromatic N) is 4. The Morgan fingerprint density at radius 3 is 2.53 bits per heavy atom. The SMILES string of the molecule is O=C(O)CN1CCN(C(=O)c2cncc(Cl)n2)CC1. The van der Waals surface area contributed by atoms with Gasteiger partial charge in [-0.3, -0.25) is 19.5 Å². The Hall–Kier alpha value is -1.73. The maximum atomic E-state index is 12.1. The van der Waals surface area contributed by atoms with Crippen LogP contribution < -0.4 is 0 Å². The van der Waals surface area contributed by atoms with E-state index in [0.717, 1.165) is 0 Å². The number of rotatable bonds is 3. The highest BCUT2D eigenvalue weighted by atomic mass is 35.5. The number of hydrogen-bond acceptors (Lipinski definition) is 5. The van der Waals surface area contributed by atoms with E-state index < -0.39 is 5.97 Å². The standard InChI is InChI=1S/C11H13ClN4O3/c12-9-6-13-5-8(14-9)11(19)16-3-1-15(2-4-16)7-10(17)18/h5-6H,1-4,7H2,(H,17,18). The van der Waals surface area contributed by atoms with Gasteiger partial charge in [-0.2, -0.15) is 0 Å². The zero-order valence-electron chi connectivity index (χ0n) is 10.1. The smallest absolute Gasteiger partial charge is 0.317 e. The quantitative estimate of drug-likeness (QED) is 0.839. The first kappa shape index (κ1) is 13.7. The number of aliphatic carboxylic acids is 1. The van der Waals surface area contributed by atoms with Gasteiger partial charge in [-0.25, -0.2) is 4.98 Å². The lowest BCUT2D eigenvalue weighted by Crippen LogP contribution is -2.50. The predicted molar refractivity (Wildman–Crippen MR) is 67.0 cm³/mol. The van der Waals surface area contributed by atoms with Crippen LogP contribution in [0, 0.1) is 0 Å². The summed E-state index contributed by atoms with van der Waals surface area (Å²) in [6.07, 6.45) is 2.74. The molecule has 1 aliphatic rings. The Morgan fingerprint density at radius 1 is 1.26 bits per heavy atom. The van der Waals surface area contributed by atoms with Gasteiger partial charge in [-0.1, -0.05) is 11.6 Å². The topological polar surface area (TPSA) is 86.6 Å². The first-order valence-electron chi connectivity index (χ1n) is 5.77. The van der Waals surface area contributed by atoms with Crippen molar-refractivity contribution < 1.29 is 14.7 Å². The zero-order chi connectivity index (χ0) is 13.8. The molecule has 1 aromatic heterocycles. The van der Waals surface area contributed by atoms with Gasteiger partial charge in [0.15, 0.2) is 0 Å². The van der Waals surface area contributed by atoms with Gasteiger partial charge in [-0.05, 0) is 0 Å². The van der Waals surface area contributed by atoms with Crippen LogP contribution >= 0.6 is 11.6 Å². The molecule has 0 aromatic carbocycles. The highest BCUT2D eigenvalue weighted by Gasteiger charge is 2.24. The molecular weight excluding hydrogens is 272 g/mol. The fourth-order valence-corrected chi connectivity index (χ4v) is 2.05. The van der Waals surface area contributed by atoms with Gasteiger partial charge in [-0.15, -0.1) is 0 Å². The van der Waals surface area contributed by atoms with Crippen molar-refractivity contribution in [3.8, 4) is 0 Å². The molecule has 0 bridgehead atoms. The Bertz CT molecular complexity index is 489. The summed E-state index contributed by atoms with van der Waals surface area (Å²) in [5, 5.41) is 8.87. The van der Waals surface area contributed by atoms with E-state index >= 15 is 0 Å². The average Bonchev–Trinajstić information content (AvgIpc) is 2.38. The van der Waals surface area contributed by atoms with Gasteiger partial charge in [0.1, 0.15) is 10.8 Å². The van der Waals surface area contributed by atoms with Crippen LogP contribution in [0.1, 0.15) is 10.5 Å². The van der Waals surface area contributed by atoms with Crippen LogP contribution in [-0.2, 0) is 4.79 Å². The molecule has 1 aliphatic heterocycles. The molecule has 0 saturated carbocycles. The Labute approximate surface area is 114 Å². The number of halogens is 1. The van der Waals surface area contributed by atoms with Gasteiger partial charge in [0, 0.05) is 26.2 Å². The lowest BCUT2D eigenvalue weighted by molar-refractivity contribution is -0.138. The first-order chi connectivity index (χ1) is 9.06. The summed E-state index contributed by atoms with van der Waals surface area (Å²) in [6.45, 7) is 2.01.